The van der Waals surface area contributed by atoms with Gasteiger partial charge >= 0.3 is 0 Å². The largest absolute Gasteiger partial charge is 0.491 e. The van der Waals surface area contributed by atoms with Crippen molar-refractivity contribution < 1.29 is 9.53 Å². The Morgan fingerprint density at radius 3 is 2.62 bits per heavy atom. The summed E-state index contributed by atoms with van der Waals surface area (Å²) in [4.78, 5) is 21.2. The van der Waals surface area contributed by atoms with E-state index in [2.05, 4.69) is 27.4 Å². The molecule has 2 heterocycles. The van der Waals surface area contributed by atoms with Gasteiger partial charge in [-0.25, -0.2) is 4.99 Å². The summed E-state index contributed by atoms with van der Waals surface area (Å²) < 4.78 is 6.01. The Morgan fingerprint density at radius 1 is 0.971 bits per heavy atom. The van der Waals surface area contributed by atoms with Crippen molar-refractivity contribution >= 4 is 50.6 Å². The third-order valence-corrected chi connectivity index (χ3v) is 6.39. The number of carbonyl (C=O) groups is 1. The van der Waals surface area contributed by atoms with Crippen molar-refractivity contribution in [1.29, 1.82) is 0 Å². The van der Waals surface area contributed by atoms with Gasteiger partial charge in [0.1, 0.15) is 18.2 Å². The number of nitrogens with zero attached hydrogens (tertiary/aromatic N) is 1. The number of nitrogens with one attached hydrogen (secondary N) is 2. The van der Waals surface area contributed by atoms with Gasteiger partial charge in [0.2, 0.25) is 5.91 Å². The first kappa shape index (κ1) is 21.7. The molecule has 0 bridgehead atoms. The minimum Gasteiger partial charge on any atom is -0.491 e. The summed E-state index contributed by atoms with van der Waals surface area (Å²) in [6.07, 6.45) is 0.294. The van der Waals surface area contributed by atoms with Crippen LogP contribution in [0.5, 0.6) is 5.75 Å². The Labute approximate surface area is 201 Å². The van der Waals surface area contributed by atoms with E-state index in [9.17, 15) is 4.79 Å². The van der Waals surface area contributed by atoms with E-state index in [1.165, 1.54) is 0 Å². The van der Waals surface area contributed by atoms with Crippen molar-refractivity contribution in [3.05, 3.63) is 94.7 Å². The minimum atomic E-state index is -0.0525. The summed E-state index contributed by atoms with van der Waals surface area (Å²) in [7, 11) is 0. The van der Waals surface area contributed by atoms with Crippen LogP contribution in [0.4, 0.5) is 5.69 Å². The number of rotatable bonds is 8. The normalized spacial score (nSPS) is 11.7. The van der Waals surface area contributed by atoms with Crippen LogP contribution < -0.4 is 15.8 Å². The van der Waals surface area contributed by atoms with Crippen LogP contribution >= 0.6 is 11.3 Å². The molecule has 170 valence electrons. The molecule has 4 N–H and O–H groups in total. The molecule has 0 aliphatic carbocycles. The Kier molecular flexibility index (Phi) is 6.27. The van der Waals surface area contributed by atoms with Crippen molar-refractivity contribution in [3.63, 3.8) is 0 Å². The molecular formula is C27H24N4O2S. The number of fused-ring (bicyclic) bond motifs is 3. The first-order chi connectivity index (χ1) is 16.7. The van der Waals surface area contributed by atoms with Crippen LogP contribution in [-0.4, -0.2) is 29.9 Å². The molecule has 0 saturated heterocycles. The average Bonchev–Trinajstić information content (AvgIpc) is 3.52. The van der Waals surface area contributed by atoms with Crippen LogP contribution in [0.3, 0.4) is 0 Å². The number of para-hydroxylation sites is 1. The monoisotopic (exact) mass is 468 g/mol. The van der Waals surface area contributed by atoms with Gasteiger partial charge in [-0.2, -0.15) is 0 Å². The molecule has 5 aromatic rings. The summed E-state index contributed by atoms with van der Waals surface area (Å²) in [5.74, 6) is 1.24. The summed E-state index contributed by atoms with van der Waals surface area (Å²) in [6.45, 7) is 0.817. The van der Waals surface area contributed by atoms with E-state index in [0.29, 0.717) is 25.4 Å². The summed E-state index contributed by atoms with van der Waals surface area (Å²) in [5.41, 5.74) is 9.82. The molecule has 5 rings (SSSR count). The molecule has 0 spiro atoms. The molecule has 0 saturated carbocycles. The first-order valence-corrected chi connectivity index (χ1v) is 11.9. The lowest BCUT2D eigenvalue weighted by Crippen LogP contribution is -2.29. The third kappa shape index (κ3) is 4.79. The number of carbonyl (C=O) groups excluding carboxylic acids is 1. The van der Waals surface area contributed by atoms with Gasteiger partial charge in [-0.1, -0.05) is 42.5 Å². The highest BCUT2D eigenvalue weighted by Crippen LogP contribution is 2.32. The number of H-pyrrole nitrogens is 1. The molecule has 34 heavy (non-hydrogen) atoms. The molecule has 0 aliphatic heterocycles. The molecule has 0 fully saturated rings. The Balaban J connectivity index is 1.14. The van der Waals surface area contributed by atoms with Gasteiger partial charge in [0.25, 0.3) is 0 Å². The van der Waals surface area contributed by atoms with E-state index in [4.69, 9.17) is 10.5 Å². The van der Waals surface area contributed by atoms with Crippen LogP contribution in [-0.2, 0) is 11.2 Å². The number of hydrogen-bond donors (Lipinski definition) is 3. The van der Waals surface area contributed by atoms with Crippen molar-refractivity contribution in [2.45, 2.75) is 6.42 Å². The number of benzene rings is 3. The van der Waals surface area contributed by atoms with Gasteiger partial charge in [0, 0.05) is 16.3 Å². The van der Waals surface area contributed by atoms with E-state index < -0.39 is 0 Å². The van der Waals surface area contributed by atoms with Crippen LogP contribution in [0.2, 0.25) is 0 Å². The van der Waals surface area contributed by atoms with E-state index in [0.717, 1.165) is 43.7 Å². The number of aliphatic imine (C=N–C) groups is 1. The lowest BCUT2D eigenvalue weighted by Gasteiger charge is -2.09. The molecule has 0 aliphatic rings. The Bertz CT molecular complexity index is 1450. The van der Waals surface area contributed by atoms with Crippen LogP contribution in [0.25, 0.3) is 21.8 Å². The Morgan fingerprint density at radius 2 is 1.79 bits per heavy atom. The second kappa shape index (κ2) is 9.80. The topological polar surface area (TPSA) is 92.5 Å². The van der Waals surface area contributed by atoms with Crippen LogP contribution in [0.15, 0.2) is 89.2 Å². The lowest BCUT2D eigenvalue weighted by molar-refractivity contribution is -0.120. The lowest BCUT2D eigenvalue weighted by atomic mass is 10.1. The SMILES string of the molecule is NC(=Nc1ccc(CC(=O)NCCOc2cccc3[nH]c4ccccc4c23)cc1)c1cccs1. The zero-order valence-corrected chi connectivity index (χ0v) is 19.3. The quantitative estimate of drug-likeness (QED) is 0.167. The number of aromatic nitrogens is 1. The zero-order valence-electron chi connectivity index (χ0n) is 18.5. The average molecular weight is 469 g/mol. The fraction of sp³-hybridized carbons (Fsp3) is 0.111. The van der Waals surface area contributed by atoms with Gasteiger partial charge in [-0.3, -0.25) is 4.79 Å². The van der Waals surface area contributed by atoms with E-state index in [1.54, 1.807) is 11.3 Å². The minimum absolute atomic E-state index is 0.0525. The maximum Gasteiger partial charge on any atom is 0.224 e. The van der Waals surface area contributed by atoms with Gasteiger partial charge in [0.15, 0.2) is 0 Å². The van der Waals surface area contributed by atoms with E-state index in [1.807, 2.05) is 72.1 Å². The van der Waals surface area contributed by atoms with Gasteiger partial charge in [-0.05, 0) is 47.3 Å². The highest BCUT2D eigenvalue weighted by atomic mass is 32.1. The number of aromatic amines is 1. The predicted molar refractivity (Wildman–Crippen MR) is 139 cm³/mol. The second-order valence-electron chi connectivity index (χ2n) is 7.87. The van der Waals surface area contributed by atoms with E-state index in [-0.39, 0.29) is 5.91 Å². The van der Waals surface area contributed by atoms with E-state index >= 15 is 0 Å². The third-order valence-electron chi connectivity index (χ3n) is 5.50. The standard InChI is InChI=1S/C27H24N4O2S/c28-27(24-9-4-16-34-24)30-19-12-10-18(11-13-19)17-25(32)29-14-15-33-23-8-3-7-22-26(23)20-5-1-2-6-21(20)31-22/h1-13,16,31H,14-15,17H2,(H2,28,30)(H,29,32). The molecule has 0 radical (unpaired) electrons. The zero-order chi connectivity index (χ0) is 23.3. The van der Waals surface area contributed by atoms with Gasteiger partial charge in [-0.15, -0.1) is 11.3 Å². The highest BCUT2D eigenvalue weighted by molar-refractivity contribution is 7.12. The van der Waals surface area contributed by atoms with Crippen LogP contribution in [0, 0.1) is 0 Å². The van der Waals surface area contributed by atoms with Crippen molar-refractivity contribution in [2.75, 3.05) is 13.2 Å². The highest BCUT2D eigenvalue weighted by Gasteiger charge is 2.10. The number of hydrogen-bond acceptors (Lipinski definition) is 4. The molecule has 0 unspecified atom stereocenters. The number of amidine groups is 1. The number of amides is 1. The molecular weight excluding hydrogens is 444 g/mol. The summed E-state index contributed by atoms with van der Waals surface area (Å²) in [5, 5.41) is 7.08. The predicted octanol–water partition coefficient (Wildman–Crippen LogP) is 5.16. The molecule has 7 heteroatoms. The molecule has 0 atom stereocenters. The molecule has 1 amide bonds. The smallest absolute Gasteiger partial charge is 0.224 e. The van der Waals surface area contributed by atoms with Crippen LogP contribution in [0.1, 0.15) is 10.4 Å². The summed E-state index contributed by atoms with van der Waals surface area (Å²) in [6, 6.07) is 25.5. The maximum atomic E-state index is 12.4. The fourth-order valence-electron chi connectivity index (χ4n) is 3.89. The Hall–Kier alpha value is -4.10. The number of nitrogens with two attached hydrogens (primary N) is 1. The van der Waals surface area contributed by atoms with Gasteiger partial charge < -0.3 is 20.8 Å². The fourth-order valence-corrected chi connectivity index (χ4v) is 4.52. The maximum absolute atomic E-state index is 12.4. The molecule has 2 aromatic heterocycles. The van der Waals surface area contributed by atoms with Gasteiger partial charge in [0.05, 0.1) is 29.0 Å². The van der Waals surface area contributed by atoms with Crippen molar-refractivity contribution in [1.82, 2.24) is 10.3 Å². The number of thiophene rings is 1. The summed E-state index contributed by atoms with van der Waals surface area (Å²) >= 11 is 1.55. The second-order valence-corrected chi connectivity index (χ2v) is 8.81. The van der Waals surface area contributed by atoms with Crippen molar-refractivity contribution in [2.24, 2.45) is 10.7 Å². The number of ether oxygens (including phenoxy) is 1. The first-order valence-electron chi connectivity index (χ1n) is 11.0. The van der Waals surface area contributed by atoms with Crippen molar-refractivity contribution in [3.8, 4) is 5.75 Å². The molecule has 3 aromatic carbocycles. The molecule has 6 nitrogen and oxygen atoms in total.